The molecule has 5 heteroatoms. The fourth-order valence-electron chi connectivity index (χ4n) is 2.41. The molecule has 23 heavy (non-hydrogen) atoms. The van der Waals surface area contributed by atoms with Crippen molar-refractivity contribution >= 4 is 28.8 Å². The highest BCUT2D eigenvalue weighted by molar-refractivity contribution is 8.00. The van der Waals surface area contributed by atoms with E-state index in [2.05, 4.69) is 10.3 Å². The molecule has 1 unspecified atom stereocenters. The van der Waals surface area contributed by atoms with Gasteiger partial charge in [-0.2, -0.15) is 0 Å². The van der Waals surface area contributed by atoms with E-state index >= 15 is 0 Å². The maximum Gasteiger partial charge on any atom is 0.257 e. The topological polar surface area (TPSA) is 55.1 Å². The van der Waals surface area contributed by atoms with Crippen molar-refractivity contribution in [2.45, 2.75) is 29.4 Å². The van der Waals surface area contributed by atoms with Crippen LogP contribution in [0.5, 0.6) is 0 Å². The summed E-state index contributed by atoms with van der Waals surface area (Å²) < 4.78 is 5.76. The molecule has 1 atom stereocenters. The smallest absolute Gasteiger partial charge is 0.257 e. The van der Waals surface area contributed by atoms with Crippen LogP contribution in [0.15, 0.2) is 64.2 Å². The van der Waals surface area contributed by atoms with Gasteiger partial charge < -0.3 is 9.73 Å². The van der Waals surface area contributed by atoms with E-state index in [0.29, 0.717) is 11.3 Å². The summed E-state index contributed by atoms with van der Waals surface area (Å²) in [4.78, 5) is 17.1. The number of aromatic nitrogens is 1. The minimum atomic E-state index is -0.357. The lowest BCUT2D eigenvalue weighted by molar-refractivity contribution is -0.120. The fraction of sp³-hybridized carbons (Fsp3) is 0.222. The zero-order valence-electron chi connectivity index (χ0n) is 12.4. The maximum absolute atomic E-state index is 12.6. The number of carbonyl (C=O) groups is 1. The summed E-state index contributed by atoms with van der Waals surface area (Å²) in [5.74, 6) is 0.0194. The number of thioether (sulfide) groups is 1. The lowest BCUT2D eigenvalue weighted by Gasteiger charge is -2.14. The zero-order chi connectivity index (χ0) is 15.6. The molecule has 1 aliphatic carbocycles. The SMILES string of the molecule is O=C(NC1CC1)C(Sc1nc2ccccc2o1)c1ccccc1. The Bertz CT molecular complexity index is 794. The molecule has 0 bridgehead atoms. The van der Waals surface area contributed by atoms with Gasteiger partial charge in [0.1, 0.15) is 10.8 Å². The molecule has 1 fully saturated rings. The van der Waals surface area contributed by atoms with Crippen LogP contribution >= 0.6 is 11.8 Å². The highest BCUT2D eigenvalue weighted by Crippen LogP contribution is 2.37. The molecule has 4 rings (SSSR count). The first kappa shape index (κ1) is 14.3. The van der Waals surface area contributed by atoms with E-state index in [1.807, 2.05) is 54.6 Å². The Labute approximate surface area is 138 Å². The van der Waals surface area contributed by atoms with Gasteiger partial charge in [-0.1, -0.05) is 42.5 Å². The number of nitrogens with zero attached hydrogens (tertiary/aromatic N) is 1. The third-order valence-corrected chi connectivity index (χ3v) is 4.86. The predicted octanol–water partition coefficient (Wildman–Crippen LogP) is 3.94. The molecule has 0 spiro atoms. The van der Waals surface area contributed by atoms with Gasteiger partial charge >= 0.3 is 0 Å². The van der Waals surface area contributed by atoms with Gasteiger partial charge in [0.2, 0.25) is 5.91 Å². The average molecular weight is 324 g/mol. The molecule has 0 radical (unpaired) electrons. The first-order valence-corrected chi connectivity index (χ1v) is 8.55. The van der Waals surface area contributed by atoms with Gasteiger partial charge in [0, 0.05) is 6.04 Å². The van der Waals surface area contributed by atoms with Gasteiger partial charge in [-0.15, -0.1) is 0 Å². The van der Waals surface area contributed by atoms with Crippen LogP contribution in [0.1, 0.15) is 23.7 Å². The van der Waals surface area contributed by atoms with Crippen LogP contribution in [0, 0.1) is 0 Å². The van der Waals surface area contributed by atoms with Crippen molar-refractivity contribution in [3.05, 3.63) is 60.2 Å². The number of oxazole rings is 1. The van der Waals surface area contributed by atoms with Crippen LogP contribution in [0.4, 0.5) is 0 Å². The average Bonchev–Trinajstić information content (AvgIpc) is 3.29. The number of benzene rings is 2. The largest absolute Gasteiger partial charge is 0.431 e. The van der Waals surface area contributed by atoms with Gasteiger partial charge in [-0.05, 0) is 42.3 Å². The number of hydrogen-bond donors (Lipinski definition) is 1. The summed E-state index contributed by atoms with van der Waals surface area (Å²) in [7, 11) is 0. The Morgan fingerprint density at radius 3 is 2.61 bits per heavy atom. The van der Waals surface area contributed by atoms with Crippen molar-refractivity contribution in [2.75, 3.05) is 0 Å². The van der Waals surface area contributed by atoms with Crippen molar-refractivity contribution < 1.29 is 9.21 Å². The molecule has 1 N–H and O–H groups in total. The summed E-state index contributed by atoms with van der Waals surface area (Å²) in [6.45, 7) is 0. The number of rotatable bonds is 5. The second-order valence-electron chi connectivity index (χ2n) is 5.64. The number of hydrogen-bond acceptors (Lipinski definition) is 4. The summed E-state index contributed by atoms with van der Waals surface area (Å²) in [5, 5.41) is 3.24. The first-order valence-electron chi connectivity index (χ1n) is 7.67. The molecule has 1 aliphatic rings. The van der Waals surface area contributed by atoms with E-state index in [4.69, 9.17) is 4.42 Å². The van der Waals surface area contributed by atoms with Gasteiger partial charge in [0.15, 0.2) is 5.58 Å². The molecule has 116 valence electrons. The molecule has 3 aromatic rings. The molecular weight excluding hydrogens is 308 g/mol. The number of fused-ring (bicyclic) bond motifs is 1. The third-order valence-electron chi connectivity index (χ3n) is 3.76. The first-order chi connectivity index (χ1) is 11.3. The van der Waals surface area contributed by atoms with E-state index < -0.39 is 0 Å². The minimum Gasteiger partial charge on any atom is -0.431 e. The van der Waals surface area contributed by atoms with E-state index in [0.717, 1.165) is 29.5 Å². The van der Waals surface area contributed by atoms with Crippen LogP contribution < -0.4 is 5.32 Å². The van der Waals surface area contributed by atoms with Gasteiger partial charge in [0.25, 0.3) is 5.22 Å². The molecule has 0 aliphatic heterocycles. The summed E-state index contributed by atoms with van der Waals surface area (Å²) >= 11 is 1.36. The van der Waals surface area contributed by atoms with Crippen LogP contribution in [0.3, 0.4) is 0 Å². The van der Waals surface area contributed by atoms with Crippen LogP contribution in [0.2, 0.25) is 0 Å². The van der Waals surface area contributed by atoms with E-state index in [-0.39, 0.29) is 11.2 Å². The van der Waals surface area contributed by atoms with Crippen LogP contribution in [0.25, 0.3) is 11.1 Å². The maximum atomic E-state index is 12.6. The molecular formula is C18H16N2O2S. The fourth-order valence-corrected chi connectivity index (χ4v) is 3.37. The van der Waals surface area contributed by atoms with Gasteiger partial charge in [-0.25, -0.2) is 4.98 Å². The summed E-state index contributed by atoms with van der Waals surface area (Å²) in [6, 6.07) is 17.7. The second kappa shape index (κ2) is 6.08. The predicted molar refractivity (Wildman–Crippen MR) is 90.2 cm³/mol. The standard InChI is InChI=1S/C18H16N2O2S/c21-17(19-13-10-11-13)16(12-6-2-1-3-7-12)23-18-20-14-8-4-5-9-15(14)22-18/h1-9,13,16H,10-11H2,(H,19,21). The van der Waals surface area contributed by atoms with Gasteiger partial charge in [0.05, 0.1) is 0 Å². The van der Waals surface area contributed by atoms with Crippen molar-refractivity contribution in [1.29, 1.82) is 0 Å². The number of amides is 1. The highest BCUT2D eigenvalue weighted by Gasteiger charge is 2.30. The quantitative estimate of drug-likeness (QED) is 0.722. The molecule has 4 nitrogen and oxygen atoms in total. The number of para-hydroxylation sites is 2. The molecule has 2 aromatic carbocycles. The van der Waals surface area contributed by atoms with Gasteiger partial charge in [-0.3, -0.25) is 4.79 Å². The molecule has 1 heterocycles. The Hall–Kier alpha value is -2.27. The van der Waals surface area contributed by atoms with Crippen molar-refractivity contribution in [3.63, 3.8) is 0 Å². The summed E-state index contributed by atoms with van der Waals surface area (Å²) in [5.41, 5.74) is 2.51. The molecule has 1 amide bonds. The van der Waals surface area contributed by atoms with Crippen LogP contribution in [-0.2, 0) is 4.79 Å². The highest BCUT2D eigenvalue weighted by atomic mass is 32.2. The van der Waals surface area contributed by atoms with E-state index in [1.54, 1.807) is 0 Å². The van der Waals surface area contributed by atoms with E-state index in [1.165, 1.54) is 11.8 Å². The molecule has 1 saturated carbocycles. The van der Waals surface area contributed by atoms with E-state index in [9.17, 15) is 4.79 Å². The number of nitrogens with one attached hydrogen (secondary N) is 1. The zero-order valence-corrected chi connectivity index (χ0v) is 13.3. The van der Waals surface area contributed by atoms with Crippen molar-refractivity contribution in [2.24, 2.45) is 0 Å². The third kappa shape index (κ3) is 3.24. The van der Waals surface area contributed by atoms with Crippen molar-refractivity contribution in [1.82, 2.24) is 10.3 Å². The molecule has 0 saturated heterocycles. The van der Waals surface area contributed by atoms with Crippen molar-refractivity contribution in [3.8, 4) is 0 Å². The Morgan fingerprint density at radius 1 is 1.13 bits per heavy atom. The molecule has 1 aromatic heterocycles. The monoisotopic (exact) mass is 324 g/mol. The summed E-state index contributed by atoms with van der Waals surface area (Å²) in [6.07, 6.45) is 2.14. The van der Waals surface area contributed by atoms with Crippen LogP contribution in [-0.4, -0.2) is 16.9 Å². The normalized spacial score (nSPS) is 15.5. The lowest BCUT2D eigenvalue weighted by Crippen LogP contribution is -2.29. The Morgan fingerprint density at radius 2 is 1.87 bits per heavy atom. The number of carbonyl (C=O) groups excluding carboxylic acids is 1. The second-order valence-corrected chi connectivity index (χ2v) is 6.70. The minimum absolute atomic E-state index is 0.0194. The Balaban J connectivity index is 1.62. The Kier molecular flexibility index (Phi) is 3.79. The lowest BCUT2D eigenvalue weighted by atomic mass is 10.1.